The Kier molecular flexibility index (Phi) is 32.8. The van der Waals surface area contributed by atoms with Gasteiger partial charge in [0.1, 0.15) is 0 Å². The van der Waals surface area contributed by atoms with Gasteiger partial charge in [-0.2, -0.15) is 11.1 Å². The molecule has 1 amide bonds. The predicted octanol–water partition coefficient (Wildman–Crippen LogP) is 0.0282. The Morgan fingerprint density at radius 2 is 1.64 bits per heavy atom. The van der Waals surface area contributed by atoms with Crippen LogP contribution < -0.4 is 24.8 Å². The molecule has 1 rings (SSSR count). The van der Waals surface area contributed by atoms with Crippen molar-refractivity contribution in [3.05, 3.63) is 28.5 Å². The molecule has 0 heterocycles. The molecule has 1 aliphatic carbocycles. The average Bonchev–Trinajstić information content (AvgIpc) is 2.67. The summed E-state index contributed by atoms with van der Waals surface area (Å²) >= 11 is 0. The molecular weight excluding hydrogens is 405 g/mol. The standard InChI is InChI=1S/C9H13.C8H17NO.C2H7Si.2ClH.Ti/c1-6-5-7(2)9(4)8(6)3;1-3-5-6-7(4-2)8(9)10;1-3-2;;;/h6H,1-4H3;7H,3-6H2,1-2H3,(H2,9,10);3H,1-2H3;2*1H;/q-1;;;;;+4/p-3. The van der Waals surface area contributed by atoms with E-state index in [0.717, 1.165) is 35.2 Å². The van der Waals surface area contributed by atoms with Crippen LogP contribution in [-0.4, -0.2) is 15.4 Å². The third-order valence-corrected chi connectivity index (χ3v) is 4.01. The van der Waals surface area contributed by atoms with Crippen LogP contribution in [0.15, 0.2) is 16.7 Å². The van der Waals surface area contributed by atoms with E-state index in [0.29, 0.717) is 5.92 Å². The number of hydrogen-bond acceptors (Lipinski definition) is 1. The first-order valence-corrected chi connectivity index (χ1v) is 10.8. The number of unbranched alkanes of at least 4 members (excludes halogenated alkanes) is 1. The van der Waals surface area contributed by atoms with E-state index in [1.54, 1.807) is 0 Å². The van der Waals surface area contributed by atoms with Crippen molar-refractivity contribution in [1.82, 2.24) is 0 Å². The second-order valence-electron chi connectivity index (χ2n) is 5.99. The van der Waals surface area contributed by atoms with Crippen LogP contribution in [0.25, 0.3) is 5.73 Å². The van der Waals surface area contributed by atoms with Crippen molar-refractivity contribution in [2.24, 2.45) is 11.8 Å². The van der Waals surface area contributed by atoms with Crippen molar-refractivity contribution in [2.45, 2.75) is 80.3 Å². The molecule has 1 radical (unpaired) electrons. The molecule has 2 atom stereocenters. The van der Waals surface area contributed by atoms with E-state index < -0.39 is 5.91 Å². The number of carbonyl (C=O) groups excluding carboxylic acids is 1. The first kappa shape index (κ1) is 36.4. The van der Waals surface area contributed by atoms with Crippen LogP contribution in [0, 0.1) is 17.9 Å². The van der Waals surface area contributed by atoms with E-state index in [-0.39, 0.29) is 52.4 Å². The molecule has 0 aromatic heterocycles. The molecule has 0 saturated heterocycles. The van der Waals surface area contributed by atoms with Gasteiger partial charge in [0.05, 0.1) is 5.91 Å². The number of rotatable bonds is 5. The summed E-state index contributed by atoms with van der Waals surface area (Å²) in [7, 11) is 0.750. The van der Waals surface area contributed by atoms with Crippen LogP contribution in [0.1, 0.15) is 67.2 Å². The summed E-state index contributed by atoms with van der Waals surface area (Å²) in [5.41, 5.74) is 11.1. The number of halogens is 2. The van der Waals surface area contributed by atoms with E-state index in [1.807, 2.05) is 6.92 Å². The minimum atomic E-state index is -0.393. The van der Waals surface area contributed by atoms with Crippen molar-refractivity contribution < 1.29 is 51.3 Å². The fourth-order valence-corrected chi connectivity index (χ4v) is 2.13. The summed E-state index contributed by atoms with van der Waals surface area (Å²) in [5, 5.41) is 0. The van der Waals surface area contributed by atoms with Crippen molar-refractivity contribution in [1.29, 1.82) is 0 Å². The normalized spacial score (nSPS) is 15.7. The number of nitrogens with one attached hydrogen (secondary N) is 1. The van der Waals surface area contributed by atoms with Crippen LogP contribution in [0.3, 0.4) is 0 Å². The van der Waals surface area contributed by atoms with Gasteiger partial charge in [-0.3, -0.25) is 6.08 Å². The van der Waals surface area contributed by atoms with Crippen molar-refractivity contribution >= 4 is 15.4 Å². The van der Waals surface area contributed by atoms with Gasteiger partial charge >= 0.3 is 21.7 Å². The minimum Gasteiger partial charge on any atom is -1.00 e. The summed E-state index contributed by atoms with van der Waals surface area (Å²) in [6, 6.07) is 0. The van der Waals surface area contributed by atoms with Gasteiger partial charge in [-0.1, -0.05) is 66.5 Å². The second-order valence-corrected chi connectivity index (χ2v) is 7.14. The van der Waals surface area contributed by atoms with Gasteiger partial charge in [0, 0.05) is 9.52 Å². The third-order valence-electron chi connectivity index (χ3n) is 4.01. The van der Waals surface area contributed by atoms with Crippen LogP contribution >= 0.6 is 0 Å². The Morgan fingerprint density at radius 1 is 1.20 bits per heavy atom. The van der Waals surface area contributed by atoms with Gasteiger partial charge in [0.15, 0.2) is 0 Å². The van der Waals surface area contributed by atoms with E-state index in [2.05, 4.69) is 53.8 Å². The van der Waals surface area contributed by atoms with Gasteiger partial charge in [-0.05, 0) is 18.8 Å². The van der Waals surface area contributed by atoms with E-state index in [4.69, 9.17) is 5.73 Å². The van der Waals surface area contributed by atoms with Crippen LogP contribution in [0.2, 0.25) is 13.1 Å². The first-order chi connectivity index (χ1) is 10.3. The predicted molar refractivity (Wildman–Crippen MR) is 101 cm³/mol. The molecule has 0 spiro atoms. The number of amides is 1. The molecule has 0 saturated carbocycles. The Bertz CT molecular complexity index is 388. The smallest absolute Gasteiger partial charge is 1.00 e. The van der Waals surface area contributed by atoms with Crippen molar-refractivity contribution in [3.63, 3.8) is 0 Å². The Hall–Kier alpha value is 0.461. The minimum absolute atomic E-state index is 0. The molecule has 145 valence electrons. The monoisotopic (exact) mass is 440 g/mol. The Balaban J connectivity index is -0.0000000836. The quantitative estimate of drug-likeness (QED) is 0.439. The number of allylic oxidation sites excluding steroid dienone is 4. The zero-order valence-electron chi connectivity index (χ0n) is 17.2. The molecule has 2 unspecified atom stereocenters. The fraction of sp³-hybridized carbons (Fsp3) is 0.737. The van der Waals surface area contributed by atoms with Gasteiger partial charge in [0.25, 0.3) is 0 Å². The number of carbonyl (C=O) groups is 1. The summed E-state index contributed by atoms with van der Waals surface area (Å²) < 4.78 is 0. The van der Waals surface area contributed by atoms with Crippen LogP contribution in [0.4, 0.5) is 0 Å². The Labute approximate surface area is 186 Å². The number of hydrogen-bond donors (Lipinski definition) is 0. The Morgan fingerprint density at radius 3 is 1.80 bits per heavy atom. The summed E-state index contributed by atoms with van der Waals surface area (Å²) in [4.78, 5) is 10.5. The van der Waals surface area contributed by atoms with Gasteiger partial charge < -0.3 is 35.3 Å². The first-order valence-electron chi connectivity index (χ1n) is 8.53. The maximum absolute atomic E-state index is 10.5. The van der Waals surface area contributed by atoms with Gasteiger partial charge in [0.2, 0.25) is 0 Å². The fourth-order valence-electron chi connectivity index (χ4n) is 2.13. The molecule has 1 aliphatic rings. The molecule has 0 fully saturated rings. The van der Waals surface area contributed by atoms with Gasteiger partial charge in [-0.15, -0.1) is 6.92 Å². The molecule has 0 aromatic carbocycles. The second kappa shape index (κ2) is 22.5. The van der Waals surface area contributed by atoms with Crippen molar-refractivity contribution in [3.8, 4) is 0 Å². The molecule has 1 N–H and O–H groups in total. The average molecular weight is 441 g/mol. The summed E-state index contributed by atoms with van der Waals surface area (Å²) in [6.45, 7) is 17.1. The van der Waals surface area contributed by atoms with Crippen LogP contribution in [0.5, 0.6) is 0 Å². The maximum Gasteiger partial charge on any atom is 4.00 e. The van der Waals surface area contributed by atoms with E-state index >= 15 is 0 Å². The molecule has 0 bridgehead atoms. The van der Waals surface area contributed by atoms with Crippen LogP contribution in [-0.2, 0) is 26.5 Å². The van der Waals surface area contributed by atoms with E-state index in [9.17, 15) is 4.79 Å². The molecule has 0 aliphatic heterocycles. The molecule has 25 heavy (non-hydrogen) atoms. The topological polar surface area (TPSA) is 40.9 Å². The summed E-state index contributed by atoms with van der Waals surface area (Å²) in [6.07, 6.45) is 7.27. The van der Waals surface area contributed by atoms with Gasteiger partial charge in [-0.25, -0.2) is 5.57 Å². The zero-order chi connectivity index (χ0) is 17.7. The summed E-state index contributed by atoms with van der Waals surface area (Å²) in [5.74, 6) is 0.167. The molecule has 2 nitrogen and oxygen atoms in total. The SMILES string of the molecule is CC1=[C-]C(C)C(C)=C1C.CCCCC(CC)C([NH-])=O.C[SiH]C.[Cl-].[Cl-].[Ti+4]. The molecular formula is C19H36Cl2NOSiTi. The zero-order valence-corrected chi connectivity index (χ0v) is 21.5. The van der Waals surface area contributed by atoms with E-state index in [1.165, 1.54) is 16.7 Å². The maximum atomic E-state index is 10.5. The van der Waals surface area contributed by atoms with Crippen molar-refractivity contribution in [2.75, 3.05) is 0 Å². The third kappa shape index (κ3) is 17.6. The molecule has 6 heteroatoms. The largest absolute Gasteiger partial charge is 4.00 e. The molecule has 0 aromatic rings.